The van der Waals surface area contributed by atoms with Crippen LogP contribution in [-0.4, -0.2) is 54.1 Å². The van der Waals surface area contributed by atoms with Crippen molar-refractivity contribution < 1.29 is 34.5 Å². The lowest BCUT2D eigenvalue weighted by molar-refractivity contribution is 0.0646. The third-order valence-electron chi connectivity index (χ3n) is 3.07. The molecule has 3 aromatic heterocycles. The number of carbonyl (C=O) groups excluding carboxylic acids is 1. The topological polar surface area (TPSA) is 194 Å². The normalized spacial score (nSPS) is 9.07. The zero-order valence-electron chi connectivity index (χ0n) is 15.2. The molecule has 0 radical (unpaired) electrons. The highest BCUT2D eigenvalue weighted by atomic mass is 16.4. The molecule has 0 aliphatic heterocycles. The van der Waals surface area contributed by atoms with Crippen molar-refractivity contribution in [2.24, 2.45) is 5.73 Å². The van der Waals surface area contributed by atoms with Crippen molar-refractivity contribution in [2.45, 2.75) is 0 Å². The molecule has 0 saturated carbocycles. The maximum Gasteiger partial charge on any atom is 0.355 e. The summed E-state index contributed by atoms with van der Waals surface area (Å²) in [4.78, 5) is 52.0. The first-order valence-corrected chi connectivity index (χ1v) is 7.99. The highest BCUT2D eigenvalue weighted by Crippen LogP contribution is 2.04. The molecule has 0 unspecified atom stereocenters. The fourth-order valence-corrected chi connectivity index (χ4v) is 1.75. The number of carboxylic acids is 3. The number of carboxylic acid groups (broad SMARTS) is 3. The van der Waals surface area contributed by atoms with Crippen LogP contribution in [0.5, 0.6) is 0 Å². The first kappa shape index (κ1) is 23.4. The Morgan fingerprint density at radius 2 is 1.40 bits per heavy atom. The van der Waals surface area contributed by atoms with Crippen LogP contribution in [0.15, 0.2) is 67.3 Å². The molecule has 0 aliphatic carbocycles. The molecule has 11 heteroatoms. The van der Waals surface area contributed by atoms with Crippen LogP contribution in [0, 0.1) is 0 Å². The molecule has 0 saturated heterocycles. The Balaban J connectivity index is 0.000000229. The van der Waals surface area contributed by atoms with E-state index < -0.39 is 29.5 Å². The number of pyridine rings is 3. The molecule has 1 amide bonds. The number of nitrogens with zero attached hydrogens (tertiary/aromatic N) is 3. The van der Waals surface area contributed by atoms with E-state index in [0.717, 1.165) is 0 Å². The second-order valence-corrected chi connectivity index (χ2v) is 5.14. The maximum absolute atomic E-state index is 10.4. The Bertz CT molecular complexity index is 929. The zero-order chi connectivity index (χ0) is 22.5. The fourth-order valence-electron chi connectivity index (χ4n) is 1.75. The lowest BCUT2D eigenvalue weighted by Crippen LogP contribution is -2.10. The van der Waals surface area contributed by atoms with Gasteiger partial charge in [0, 0.05) is 24.8 Å². The average molecular weight is 412 g/mol. The van der Waals surface area contributed by atoms with E-state index >= 15 is 0 Å². The molecule has 3 aromatic rings. The molecule has 30 heavy (non-hydrogen) atoms. The first-order chi connectivity index (χ1) is 14.2. The van der Waals surface area contributed by atoms with Crippen LogP contribution in [0.25, 0.3) is 0 Å². The number of nitrogens with two attached hydrogens (primary N) is 1. The monoisotopic (exact) mass is 412 g/mol. The molecule has 0 atom stereocenters. The van der Waals surface area contributed by atoms with Gasteiger partial charge in [-0.2, -0.15) is 0 Å². The number of rotatable bonds is 4. The van der Waals surface area contributed by atoms with Gasteiger partial charge in [0.15, 0.2) is 5.69 Å². The van der Waals surface area contributed by atoms with Crippen LogP contribution >= 0.6 is 0 Å². The molecule has 0 aromatic carbocycles. The van der Waals surface area contributed by atoms with Crippen LogP contribution in [0.1, 0.15) is 41.7 Å². The van der Waals surface area contributed by atoms with Crippen LogP contribution in [-0.2, 0) is 0 Å². The third kappa shape index (κ3) is 7.92. The predicted octanol–water partition coefficient (Wildman–Crippen LogP) is 1.44. The summed E-state index contributed by atoms with van der Waals surface area (Å²) in [6.45, 7) is 0. The van der Waals surface area contributed by atoms with Gasteiger partial charge in [0.1, 0.15) is 5.69 Å². The van der Waals surface area contributed by atoms with Crippen molar-refractivity contribution in [1.29, 1.82) is 0 Å². The lowest BCUT2D eigenvalue weighted by Gasteiger charge is -1.97. The van der Waals surface area contributed by atoms with Crippen molar-refractivity contribution in [3.63, 3.8) is 0 Å². The molecule has 0 bridgehead atoms. The summed E-state index contributed by atoms with van der Waals surface area (Å²) >= 11 is 0. The van der Waals surface area contributed by atoms with Crippen molar-refractivity contribution in [2.75, 3.05) is 0 Å². The van der Waals surface area contributed by atoms with Crippen molar-refractivity contribution >= 4 is 23.8 Å². The van der Waals surface area contributed by atoms with Crippen molar-refractivity contribution in [3.05, 3.63) is 89.8 Å². The van der Waals surface area contributed by atoms with E-state index in [1.165, 1.54) is 36.8 Å². The number of hydrogen-bond acceptors (Lipinski definition) is 7. The standard InChI is InChI=1S/C7H5NO4.C6H6N2O.C6H5NO2/c9-6(10)4-2-1-3-8-5(4)7(11)12;7-6(9)5-2-1-3-8-4-5;8-6(9)5-3-1-2-4-7-5/h1-3H,(H,9,10)(H,11,12);1-4H,(H2,7,9);1-4H,(H,8,9). The summed E-state index contributed by atoms with van der Waals surface area (Å²) < 4.78 is 0. The minimum absolute atomic E-state index is 0.0810. The van der Waals surface area contributed by atoms with Gasteiger partial charge in [-0.25, -0.2) is 24.4 Å². The second-order valence-electron chi connectivity index (χ2n) is 5.14. The van der Waals surface area contributed by atoms with E-state index in [0.29, 0.717) is 5.56 Å². The molecule has 0 spiro atoms. The molecule has 5 N–H and O–H groups in total. The third-order valence-corrected chi connectivity index (χ3v) is 3.07. The smallest absolute Gasteiger partial charge is 0.355 e. The van der Waals surface area contributed by atoms with Gasteiger partial charge < -0.3 is 21.1 Å². The van der Waals surface area contributed by atoms with Gasteiger partial charge in [-0.1, -0.05) is 6.07 Å². The Morgan fingerprint density at radius 3 is 1.77 bits per heavy atom. The summed E-state index contributed by atoms with van der Waals surface area (Å²) in [7, 11) is 0. The largest absolute Gasteiger partial charge is 0.478 e. The van der Waals surface area contributed by atoms with E-state index in [4.69, 9.17) is 21.1 Å². The second kappa shape index (κ2) is 11.9. The van der Waals surface area contributed by atoms with Gasteiger partial charge in [0.25, 0.3) is 0 Å². The van der Waals surface area contributed by atoms with Gasteiger partial charge in [0.2, 0.25) is 5.91 Å². The quantitative estimate of drug-likeness (QED) is 0.487. The summed E-state index contributed by atoms with van der Waals surface area (Å²) in [5, 5.41) is 25.3. The number of primary amides is 1. The van der Waals surface area contributed by atoms with Gasteiger partial charge in [0.05, 0.1) is 11.1 Å². The van der Waals surface area contributed by atoms with Crippen LogP contribution < -0.4 is 5.73 Å². The van der Waals surface area contributed by atoms with E-state index in [2.05, 4.69) is 15.0 Å². The minimum atomic E-state index is -1.34. The highest BCUT2D eigenvalue weighted by molar-refractivity contribution is 6.00. The summed E-state index contributed by atoms with van der Waals surface area (Å²) in [6, 6.07) is 10.6. The summed E-state index contributed by atoms with van der Waals surface area (Å²) in [6.07, 6.45) is 5.70. The van der Waals surface area contributed by atoms with Crippen molar-refractivity contribution in [3.8, 4) is 0 Å². The first-order valence-electron chi connectivity index (χ1n) is 7.99. The number of carbonyl (C=O) groups is 4. The molecule has 0 fully saturated rings. The molecular weight excluding hydrogens is 396 g/mol. The Labute approximate surface area is 169 Å². The number of aromatic carboxylic acids is 3. The van der Waals surface area contributed by atoms with E-state index in [-0.39, 0.29) is 11.3 Å². The average Bonchev–Trinajstić information content (AvgIpc) is 2.75. The molecule has 3 heterocycles. The van der Waals surface area contributed by atoms with Gasteiger partial charge in [-0.05, 0) is 36.4 Å². The van der Waals surface area contributed by atoms with Crippen molar-refractivity contribution in [1.82, 2.24) is 15.0 Å². The lowest BCUT2D eigenvalue weighted by atomic mass is 10.2. The maximum atomic E-state index is 10.4. The molecular formula is C19H16N4O7. The van der Waals surface area contributed by atoms with Gasteiger partial charge in [-0.3, -0.25) is 9.78 Å². The highest BCUT2D eigenvalue weighted by Gasteiger charge is 2.15. The Morgan fingerprint density at radius 1 is 0.733 bits per heavy atom. The van der Waals surface area contributed by atoms with Gasteiger partial charge in [-0.15, -0.1) is 0 Å². The minimum Gasteiger partial charge on any atom is -0.478 e. The summed E-state index contributed by atoms with van der Waals surface area (Å²) in [5.41, 5.74) is 4.72. The molecule has 0 aliphatic rings. The predicted molar refractivity (Wildman–Crippen MR) is 102 cm³/mol. The van der Waals surface area contributed by atoms with Crippen LogP contribution in [0.4, 0.5) is 0 Å². The SMILES string of the molecule is NC(=O)c1cccnc1.O=C(O)c1ccccn1.O=C(O)c1cccnc1C(=O)O. The molecule has 11 nitrogen and oxygen atoms in total. The molecule has 3 rings (SSSR count). The van der Waals surface area contributed by atoms with Gasteiger partial charge >= 0.3 is 17.9 Å². The van der Waals surface area contributed by atoms with Crippen LogP contribution in [0.3, 0.4) is 0 Å². The van der Waals surface area contributed by atoms with E-state index in [9.17, 15) is 19.2 Å². The van der Waals surface area contributed by atoms with E-state index in [1.54, 1.807) is 30.5 Å². The number of amides is 1. The zero-order valence-corrected chi connectivity index (χ0v) is 15.2. The summed E-state index contributed by atoms with van der Waals surface area (Å²) in [5.74, 6) is -4.06. The fraction of sp³-hybridized carbons (Fsp3) is 0. The van der Waals surface area contributed by atoms with Crippen LogP contribution in [0.2, 0.25) is 0 Å². The Hall–Kier alpha value is -4.67. The number of hydrogen-bond donors (Lipinski definition) is 4. The van der Waals surface area contributed by atoms with E-state index in [1.807, 2.05) is 0 Å². The number of aromatic nitrogens is 3. The Kier molecular flexibility index (Phi) is 9.29. The molecule has 154 valence electrons.